The van der Waals surface area contributed by atoms with Crippen LogP contribution in [0.5, 0.6) is 5.75 Å². The Morgan fingerprint density at radius 1 is 1.25 bits per heavy atom. The van der Waals surface area contributed by atoms with Crippen molar-refractivity contribution in [3.05, 3.63) is 47.8 Å². The molecule has 106 valence electrons. The first-order valence-corrected chi connectivity index (χ1v) is 10.1. The summed E-state index contributed by atoms with van der Waals surface area (Å²) in [6.07, 6.45) is 3.70. The summed E-state index contributed by atoms with van der Waals surface area (Å²) in [6.45, 7) is 7.15. The largest absolute Gasteiger partial charge is 0.544 e. The van der Waals surface area contributed by atoms with Crippen LogP contribution in [0, 0.1) is 0 Å². The van der Waals surface area contributed by atoms with Crippen LogP contribution in [-0.4, -0.2) is 24.3 Å². The zero-order valence-electron chi connectivity index (χ0n) is 12.5. The van der Waals surface area contributed by atoms with E-state index in [4.69, 9.17) is 4.43 Å². The Hall–Kier alpha value is -1.88. The van der Waals surface area contributed by atoms with Gasteiger partial charge in [0.1, 0.15) is 11.4 Å². The summed E-state index contributed by atoms with van der Waals surface area (Å²) in [5.74, 6) is 0.949. The Labute approximate surface area is 121 Å². The van der Waals surface area contributed by atoms with Gasteiger partial charge in [-0.1, -0.05) is 18.2 Å². The standard InChI is InChI=1S/C15H21N3OSi/c1-18-10-9-14(17-18)12-16-11-13-7-5-6-8-15(13)19-20(2,3)4/h5-10,12H,11H2,1-4H3/b16-12-. The van der Waals surface area contributed by atoms with Crippen molar-refractivity contribution in [2.75, 3.05) is 0 Å². The van der Waals surface area contributed by atoms with E-state index in [9.17, 15) is 0 Å². The Balaban J connectivity index is 2.07. The molecular weight excluding hydrogens is 266 g/mol. The van der Waals surface area contributed by atoms with E-state index in [2.05, 4.69) is 35.8 Å². The molecule has 0 spiro atoms. The summed E-state index contributed by atoms with van der Waals surface area (Å²) in [5, 5.41) is 4.27. The second kappa shape index (κ2) is 6.05. The van der Waals surface area contributed by atoms with Gasteiger partial charge < -0.3 is 4.43 Å². The van der Waals surface area contributed by atoms with E-state index in [0.717, 1.165) is 17.0 Å². The van der Waals surface area contributed by atoms with E-state index in [1.54, 1.807) is 10.9 Å². The maximum atomic E-state index is 6.08. The predicted octanol–water partition coefficient (Wildman–Crippen LogP) is 3.25. The molecule has 0 saturated carbocycles. The first kappa shape index (κ1) is 14.5. The van der Waals surface area contributed by atoms with Gasteiger partial charge in [-0.25, -0.2) is 0 Å². The molecule has 0 aliphatic rings. The highest BCUT2D eigenvalue weighted by Crippen LogP contribution is 2.22. The number of aliphatic imine (C=N–C) groups is 1. The van der Waals surface area contributed by atoms with Gasteiger partial charge in [0, 0.05) is 25.0 Å². The highest BCUT2D eigenvalue weighted by Gasteiger charge is 2.17. The van der Waals surface area contributed by atoms with Crippen molar-refractivity contribution in [2.24, 2.45) is 12.0 Å². The van der Waals surface area contributed by atoms with Gasteiger partial charge in [0.25, 0.3) is 0 Å². The number of aromatic nitrogens is 2. The summed E-state index contributed by atoms with van der Waals surface area (Å²) < 4.78 is 7.85. The molecule has 0 aliphatic carbocycles. The molecule has 0 N–H and O–H groups in total. The molecule has 2 rings (SSSR count). The number of benzene rings is 1. The number of aryl methyl sites for hydroxylation is 1. The smallest absolute Gasteiger partial charge is 0.242 e. The van der Waals surface area contributed by atoms with Gasteiger partial charge in [0.2, 0.25) is 8.32 Å². The van der Waals surface area contributed by atoms with E-state index in [1.165, 1.54) is 0 Å². The fourth-order valence-electron chi connectivity index (χ4n) is 1.80. The van der Waals surface area contributed by atoms with E-state index >= 15 is 0 Å². The van der Waals surface area contributed by atoms with Gasteiger partial charge in [-0.15, -0.1) is 0 Å². The minimum absolute atomic E-state index is 0.608. The summed E-state index contributed by atoms with van der Waals surface area (Å²) in [4.78, 5) is 4.45. The Morgan fingerprint density at radius 2 is 2.00 bits per heavy atom. The molecule has 4 nitrogen and oxygen atoms in total. The monoisotopic (exact) mass is 287 g/mol. The highest BCUT2D eigenvalue weighted by atomic mass is 28.4. The maximum Gasteiger partial charge on any atom is 0.242 e. The van der Waals surface area contributed by atoms with Crippen LogP contribution in [0.3, 0.4) is 0 Å². The number of para-hydroxylation sites is 1. The van der Waals surface area contributed by atoms with Crippen LogP contribution in [0.1, 0.15) is 11.3 Å². The topological polar surface area (TPSA) is 39.4 Å². The van der Waals surface area contributed by atoms with Crippen LogP contribution in [0.2, 0.25) is 19.6 Å². The lowest BCUT2D eigenvalue weighted by molar-refractivity contribution is 0.549. The van der Waals surface area contributed by atoms with Crippen LogP contribution in [-0.2, 0) is 13.6 Å². The highest BCUT2D eigenvalue weighted by molar-refractivity contribution is 6.70. The number of nitrogens with zero attached hydrogens (tertiary/aromatic N) is 3. The van der Waals surface area contributed by atoms with Crippen molar-refractivity contribution in [2.45, 2.75) is 26.2 Å². The van der Waals surface area contributed by atoms with Gasteiger partial charge >= 0.3 is 0 Å². The zero-order chi connectivity index (χ0) is 14.6. The molecule has 1 aromatic carbocycles. The third kappa shape index (κ3) is 4.34. The van der Waals surface area contributed by atoms with Crippen LogP contribution in [0.4, 0.5) is 0 Å². The van der Waals surface area contributed by atoms with Crippen molar-refractivity contribution in [1.82, 2.24) is 9.78 Å². The number of hydrogen-bond acceptors (Lipinski definition) is 3. The molecule has 5 heteroatoms. The Kier molecular flexibility index (Phi) is 4.39. The fourth-order valence-corrected chi connectivity index (χ4v) is 2.66. The van der Waals surface area contributed by atoms with Crippen LogP contribution in [0.25, 0.3) is 0 Å². The molecule has 0 unspecified atom stereocenters. The molecule has 0 aliphatic heterocycles. The molecule has 0 atom stereocenters. The van der Waals surface area contributed by atoms with Crippen molar-refractivity contribution in [1.29, 1.82) is 0 Å². The number of rotatable bonds is 5. The van der Waals surface area contributed by atoms with Crippen LogP contribution >= 0.6 is 0 Å². The van der Waals surface area contributed by atoms with E-state index in [0.29, 0.717) is 6.54 Å². The normalized spacial score (nSPS) is 12.0. The summed E-state index contributed by atoms with van der Waals surface area (Å²) in [5.41, 5.74) is 1.98. The van der Waals surface area contributed by atoms with Crippen molar-refractivity contribution in [3.63, 3.8) is 0 Å². The summed E-state index contributed by atoms with van der Waals surface area (Å²) in [7, 11) is 0.300. The van der Waals surface area contributed by atoms with Gasteiger partial charge in [0.15, 0.2) is 0 Å². The van der Waals surface area contributed by atoms with Gasteiger partial charge in [-0.3, -0.25) is 9.67 Å². The Morgan fingerprint density at radius 3 is 2.65 bits per heavy atom. The van der Waals surface area contributed by atoms with Crippen molar-refractivity contribution in [3.8, 4) is 5.75 Å². The molecule has 0 bridgehead atoms. The zero-order valence-corrected chi connectivity index (χ0v) is 13.5. The first-order chi connectivity index (χ1) is 9.44. The average molecular weight is 287 g/mol. The van der Waals surface area contributed by atoms with Gasteiger partial charge in [0.05, 0.1) is 6.54 Å². The van der Waals surface area contributed by atoms with Crippen molar-refractivity contribution >= 4 is 14.5 Å². The molecule has 1 heterocycles. The van der Waals surface area contributed by atoms with Crippen molar-refractivity contribution < 1.29 is 4.43 Å². The first-order valence-electron chi connectivity index (χ1n) is 6.70. The third-order valence-corrected chi connectivity index (χ3v) is 3.44. The lowest BCUT2D eigenvalue weighted by Crippen LogP contribution is -2.29. The maximum absolute atomic E-state index is 6.08. The molecule has 0 saturated heterocycles. The lowest BCUT2D eigenvalue weighted by Gasteiger charge is -2.21. The molecular formula is C15H21N3OSi. The van der Waals surface area contributed by atoms with Crippen LogP contribution < -0.4 is 4.43 Å². The SMILES string of the molecule is Cn1ccc(/C=N\Cc2ccccc2O[Si](C)(C)C)n1. The molecule has 2 aromatic rings. The lowest BCUT2D eigenvalue weighted by atomic mass is 10.2. The summed E-state index contributed by atoms with van der Waals surface area (Å²) >= 11 is 0. The summed E-state index contributed by atoms with van der Waals surface area (Å²) in [6, 6.07) is 10.0. The predicted molar refractivity (Wildman–Crippen MR) is 84.9 cm³/mol. The third-order valence-electron chi connectivity index (χ3n) is 2.61. The minimum Gasteiger partial charge on any atom is -0.544 e. The molecule has 0 amide bonds. The second-order valence-corrected chi connectivity index (χ2v) is 10.1. The average Bonchev–Trinajstić information content (AvgIpc) is 2.75. The van der Waals surface area contributed by atoms with E-state index < -0.39 is 8.32 Å². The van der Waals surface area contributed by atoms with Gasteiger partial charge in [-0.2, -0.15) is 5.10 Å². The number of hydrogen-bond donors (Lipinski definition) is 0. The molecule has 0 fully saturated rings. The molecule has 20 heavy (non-hydrogen) atoms. The van der Waals surface area contributed by atoms with E-state index in [-0.39, 0.29) is 0 Å². The quantitative estimate of drug-likeness (QED) is 0.625. The molecule has 0 radical (unpaired) electrons. The Bertz CT molecular complexity index is 599. The minimum atomic E-state index is -1.60. The van der Waals surface area contributed by atoms with Crippen LogP contribution in [0.15, 0.2) is 41.5 Å². The fraction of sp³-hybridized carbons (Fsp3) is 0.333. The van der Waals surface area contributed by atoms with Gasteiger partial charge in [-0.05, 0) is 31.8 Å². The van der Waals surface area contributed by atoms with E-state index in [1.807, 2.05) is 37.5 Å². The molecule has 1 aromatic heterocycles. The second-order valence-electron chi connectivity index (χ2n) is 5.71.